The summed E-state index contributed by atoms with van der Waals surface area (Å²) in [4.78, 5) is 15.9. The maximum atomic E-state index is 12.0. The zero-order valence-corrected chi connectivity index (χ0v) is 14.9. The normalized spacial score (nSPS) is 10.1. The number of benzene rings is 2. The molecule has 1 heterocycles. The predicted octanol–water partition coefficient (Wildman–Crippen LogP) is 4.96. The number of ether oxygens (including phenoxy) is 1. The van der Waals surface area contributed by atoms with Gasteiger partial charge in [-0.15, -0.1) is 0 Å². The Kier molecular flexibility index (Phi) is 5.64. The standard InChI is InChI=1S/C19H16BrN3O2/c20-17-3-1-2-4-18(17)23-19(24)22-13-14-5-7-15(8-6-14)25-16-9-11-21-12-10-16/h1-12H,13H2,(H2,22,23,24). The number of nitrogens with zero attached hydrogens (tertiary/aromatic N) is 1. The van der Waals surface area contributed by atoms with Crippen molar-refractivity contribution in [1.29, 1.82) is 0 Å². The molecule has 0 spiro atoms. The van der Waals surface area contributed by atoms with Gasteiger partial charge in [0.2, 0.25) is 0 Å². The van der Waals surface area contributed by atoms with Gasteiger partial charge in [0.25, 0.3) is 0 Å². The number of hydrogen-bond acceptors (Lipinski definition) is 3. The Balaban J connectivity index is 1.51. The lowest BCUT2D eigenvalue weighted by Crippen LogP contribution is -2.28. The van der Waals surface area contributed by atoms with Crippen LogP contribution in [0.15, 0.2) is 77.5 Å². The Labute approximate surface area is 154 Å². The summed E-state index contributed by atoms with van der Waals surface area (Å²) in [6.45, 7) is 0.422. The maximum Gasteiger partial charge on any atom is 0.319 e. The van der Waals surface area contributed by atoms with E-state index < -0.39 is 0 Å². The zero-order valence-electron chi connectivity index (χ0n) is 13.3. The highest BCUT2D eigenvalue weighted by atomic mass is 79.9. The lowest BCUT2D eigenvalue weighted by molar-refractivity contribution is 0.251. The van der Waals surface area contributed by atoms with E-state index in [2.05, 4.69) is 31.5 Å². The van der Waals surface area contributed by atoms with Gasteiger partial charge in [0.15, 0.2) is 0 Å². The number of carbonyl (C=O) groups is 1. The molecule has 0 aliphatic heterocycles. The zero-order chi connectivity index (χ0) is 17.5. The lowest BCUT2D eigenvalue weighted by atomic mass is 10.2. The second-order valence-corrected chi connectivity index (χ2v) is 6.07. The van der Waals surface area contributed by atoms with Crippen LogP contribution in [0.3, 0.4) is 0 Å². The first-order chi connectivity index (χ1) is 12.2. The van der Waals surface area contributed by atoms with E-state index in [4.69, 9.17) is 4.74 Å². The highest BCUT2D eigenvalue weighted by Crippen LogP contribution is 2.22. The first kappa shape index (κ1) is 17.0. The van der Waals surface area contributed by atoms with Crippen LogP contribution >= 0.6 is 15.9 Å². The van der Waals surface area contributed by atoms with Gasteiger partial charge in [-0.3, -0.25) is 4.98 Å². The molecule has 0 radical (unpaired) electrons. The van der Waals surface area contributed by atoms with E-state index in [0.29, 0.717) is 6.54 Å². The SMILES string of the molecule is O=C(NCc1ccc(Oc2ccncc2)cc1)Nc1ccccc1Br. The summed E-state index contributed by atoms with van der Waals surface area (Å²) < 4.78 is 6.54. The average Bonchev–Trinajstić information content (AvgIpc) is 2.64. The van der Waals surface area contributed by atoms with Gasteiger partial charge >= 0.3 is 6.03 Å². The topological polar surface area (TPSA) is 63.2 Å². The molecule has 0 fully saturated rings. The molecule has 0 unspecified atom stereocenters. The van der Waals surface area contributed by atoms with Crippen molar-refractivity contribution in [3.63, 3.8) is 0 Å². The molecule has 0 atom stereocenters. The quantitative estimate of drug-likeness (QED) is 0.639. The van der Waals surface area contributed by atoms with Crippen molar-refractivity contribution in [2.45, 2.75) is 6.54 Å². The number of aromatic nitrogens is 1. The summed E-state index contributed by atoms with van der Waals surface area (Å²) in [6, 6.07) is 18.3. The Bertz CT molecular complexity index is 839. The molecule has 2 amide bonds. The minimum atomic E-state index is -0.260. The fourth-order valence-electron chi connectivity index (χ4n) is 2.13. The molecule has 25 heavy (non-hydrogen) atoms. The molecule has 5 nitrogen and oxygen atoms in total. The van der Waals surface area contributed by atoms with E-state index in [-0.39, 0.29) is 6.03 Å². The van der Waals surface area contributed by atoms with Crippen molar-refractivity contribution in [2.24, 2.45) is 0 Å². The minimum Gasteiger partial charge on any atom is -0.457 e. The summed E-state index contributed by atoms with van der Waals surface area (Å²) in [6.07, 6.45) is 3.36. The van der Waals surface area contributed by atoms with E-state index in [1.165, 1.54) is 0 Å². The van der Waals surface area contributed by atoms with Gasteiger partial charge in [-0.2, -0.15) is 0 Å². The highest BCUT2D eigenvalue weighted by molar-refractivity contribution is 9.10. The molecule has 0 aliphatic carbocycles. The second kappa shape index (κ2) is 8.30. The third kappa shape index (κ3) is 5.06. The Hall–Kier alpha value is -2.86. The van der Waals surface area contributed by atoms with Gasteiger partial charge in [-0.25, -0.2) is 4.79 Å². The molecule has 6 heteroatoms. The van der Waals surface area contributed by atoms with Crippen molar-refractivity contribution in [3.8, 4) is 11.5 Å². The van der Waals surface area contributed by atoms with Crippen LogP contribution in [0, 0.1) is 0 Å². The maximum absolute atomic E-state index is 12.0. The number of rotatable bonds is 5. The predicted molar refractivity (Wildman–Crippen MR) is 101 cm³/mol. The van der Waals surface area contributed by atoms with Gasteiger partial charge in [-0.05, 0) is 57.9 Å². The summed E-state index contributed by atoms with van der Waals surface area (Å²) >= 11 is 3.40. The first-order valence-corrected chi connectivity index (χ1v) is 8.46. The molecule has 3 aromatic rings. The van der Waals surface area contributed by atoms with Crippen LogP contribution in [-0.4, -0.2) is 11.0 Å². The molecule has 0 saturated heterocycles. The summed E-state index contributed by atoms with van der Waals surface area (Å²) in [5.41, 5.74) is 1.70. The number of nitrogens with one attached hydrogen (secondary N) is 2. The molecule has 2 N–H and O–H groups in total. The van der Waals surface area contributed by atoms with E-state index >= 15 is 0 Å². The third-order valence-corrected chi connectivity index (χ3v) is 4.08. The highest BCUT2D eigenvalue weighted by Gasteiger charge is 2.04. The van der Waals surface area contributed by atoms with Crippen LogP contribution in [0.2, 0.25) is 0 Å². The molecule has 0 aliphatic rings. The molecule has 3 rings (SSSR count). The first-order valence-electron chi connectivity index (χ1n) is 7.67. The number of para-hydroxylation sites is 1. The molecule has 0 bridgehead atoms. The Morgan fingerprint density at radius 3 is 2.36 bits per heavy atom. The second-order valence-electron chi connectivity index (χ2n) is 5.22. The van der Waals surface area contributed by atoms with Gasteiger partial charge < -0.3 is 15.4 Å². The third-order valence-electron chi connectivity index (χ3n) is 3.38. The summed E-state index contributed by atoms with van der Waals surface area (Å²) in [5, 5.41) is 5.62. The van der Waals surface area contributed by atoms with E-state index in [9.17, 15) is 4.79 Å². The number of pyridine rings is 1. The number of anilines is 1. The van der Waals surface area contributed by atoms with Crippen molar-refractivity contribution >= 4 is 27.6 Å². The summed E-state index contributed by atoms with van der Waals surface area (Å²) in [7, 11) is 0. The molecule has 126 valence electrons. The molecule has 0 saturated carbocycles. The van der Waals surface area contributed by atoms with E-state index in [1.807, 2.05) is 48.5 Å². The number of halogens is 1. The van der Waals surface area contributed by atoms with E-state index in [1.54, 1.807) is 24.5 Å². The van der Waals surface area contributed by atoms with Crippen LogP contribution in [-0.2, 0) is 6.54 Å². The molecular weight excluding hydrogens is 382 g/mol. The number of amides is 2. The van der Waals surface area contributed by atoms with Gasteiger partial charge in [-0.1, -0.05) is 24.3 Å². The van der Waals surface area contributed by atoms with Crippen LogP contribution < -0.4 is 15.4 Å². The largest absolute Gasteiger partial charge is 0.457 e. The number of hydrogen-bond donors (Lipinski definition) is 2. The van der Waals surface area contributed by atoms with Crippen LogP contribution in [0.25, 0.3) is 0 Å². The van der Waals surface area contributed by atoms with Crippen LogP contribution in [0.1, 0.15) is 5.56 Å². The summed E-state index contributed by atoms with van der Waals surface area (Å²) in [5.74, 6) is 1.46. The average molecular weight is 398 g/mol. The molecule has 1 aromatic heterocycles. The van der Waals surface area contributed by atoms with Crippen LogP contribution in [0.5, 0.6) is 11.5 Å². The number of urea groups is 1. The van der Waals surface area contributed by atoms with Gasteiger partial charge in [0.1, 0.15) is 11.5 Å². The molecular formula is C19H16BrN3O2. The monoisotopic (exact) mass is 397 g/mol. The molecule has 2 aromatic carbocycles. The van der Waals surface area contributed by atoms with Crippen molar-refractivity contribution < 1.29 is 9.53 Å². The van der Waals surface area contributed by atoms with E-state index in [0.717, 1.165) is 27.2 Å². The number of carbonyl (C=O) groups excluding carboxylic acids is 1. The van der Waals surface area contributed by atoms with Gasteiger partial charge in [0.05, 0.1) is 5.69 Å². The van der Waals surface area contributed by atoms with Gasteiger partial charge in [0, 0.05) is 23.4 Å². The van der Waals surface area contributed by atoms with Crippen molar-refractivity contribution in [3.05, 3.63) is 83.1 Å². The smallest absolute Gasteiger partial charge is 0.319 e. The van der Waals surface area contributed by atoms with Crippen molar-refractivity contribution in [1.82, 2.24) is 10.3 Å². The fourth-order valence-corrected chi connectivity index (χ4v) is 2.51. The Morgan fingerprint density at radius 2 is 1.64 bits per heavy atom. The fraction of sp³-hybridized carbons (Fsp3) is 0.0526. The minimum absolute atomic E-state index is 0.260. The van der Waals surface area contributed by atoms with Crippen molar-refractivity contribution in [2.75, 3.05) is 5.32 Å². The lowest BCUT2D eigenvalue weighted by Gasteiger charge is -2.10. The Morgan fingerprint density at radius 1 is 0.960 bits per heavy atom. The van der Waals surface area contributed by atoms with Crippen LogP contribution in [0.4, 0.5) is 10.5 Å².